The van der Waals surface area contributed by atoms with E-state index >= 15 is 0 Å². The summed E-state index contributed by atoms with van der Waals surface area (Å²) in [5.74, 6) is -3.11. The van der Waals surface area contributed by atoms with Crippen molar-refractivity contribution in [1.29, 1.82) is 0 Å². The molecule has 198 valence electrons. The van der Waals surface area contributed by atoms with Crippen LogP contribution in [0.1, 0.15) is 38.2 Å². The number of amides is 2. The van der Waals surface area contributed by atoms with Crippen LogP contribution in [0.5, 0.6) is 0 Å². The maximum atomic E-state index is 14.1. The average molecular weight is 633 g/mol. The fourth-order valence-corrected chi connectivity index (χ4v) is 7.84. The molecule has 1 fully saturated rings. The lowest BCUT2D eigenvalue weighted by molar-refractivity contribution is -0.122. The van der Waals surface area contributed by atoms with Gasteiger partial charge in [0.15, 0.2) is 0 Å². The maximum Gasteiger partial charge on any atom is 0.338 e. The smallest absolute Gasteiger partial charge is 0.338 e. The maximum absolute atomic E-state index is 14.1. The van der Waals surface area contributed by atoms with Gasteiger partial charge < -0.3 is 4.74 Å². The Morgan fingerprint density at radius 2 is 1.18 bits per heavy atom. The molecule has 4 aromatic carbocycles. The lowest BCUT2D eigenvalue weighted by Gasteiger charge is -2.54. The monoisotopic (exact) mass is 631 g/mol. The van der Waals surface area contributed by atoms with E-state index < -0.39 is 39.4 Å². The highest BCUT2D eigenvalue weighted by atomic mass is 79.9. The van der Waals surface area contributed by atoms with Gasteiger partial charge >= 0.3 is 5.97 Å². The minimum atomic E-state index is -1.24. The van der Waals surface area contributed by atoms with Gasteiger partial charge in [-0.05, 0) is 64.2 Å². The average Bonchev–Trinajstić information content (AvgIpc) is 3.26. The van der Waals surface area contributed by atoms with Gasteiger partial charge in [-0.3, -0.25) is 9.59 Å². The molecule has 4 aromatic rings. The number of anilines is 1. The molecule has 8 heteroatoms. The summed E-state index contributed by atoms with van der Waals surface area (Å²) in [5, 5.41) is 0. The van der Waals surface area contributed by atoms with Crippen LogP contribution in [0.2, 0.25) is 0 Å². The molecule has 1 saturated heterocycles. The first-order chi connectivity index (χ1) is 19.3. The number of benzene rings is 4. The van der Waals surface area contributed by atoms with Gasteiger partial charge in [0.25, 0.3) is 0 Å². The van der Waals surface area contributed by atoms with Gasteiger partial charge in [0.2, 0.25) is 11.8 Å². The Hall–Kier alpha value is -3.45. The van der Waals surface area contributed by atoms with E-state index in [9.17, 15) is 14.4 Å². The van der Waals surface area contributed by atoms with E-state index in [1.165, 1.54) is 0 Å². The Labute approximate surface area is 248 Å². The van der Waals surface area contributed by atoms with Gasteiger partial charge in [-0.1, -0.05) is 76.6 Å². The summed E-state index contributed by atoms with van der Waals surface area (Å²) < 4.78 is 6.37. The molecular weight excluding hydrogens is 613 g/mol. The van der Waals surface area contributed by atoms with Gasteiger partial charge in [-0.15, -0.1) is 23.2 Å². The number of rotatable bonds is 4. The van der Waals surface area contributed by atoms with Crippen LogP contribution in [0.4, 0.5) is 5.69 Å². The molecule has 2 bridgehead atoms. The van der Waals surface area contributed by atoms with Crippen molar-refractivity contribution >= 4 is 62.6 Å². The summed E-state index contributed by atoms with van der Waals surface area (Å²) in [5.41, 5.74) is 4.50. The molecule has 0 unspecified atom stereocenters. The highest BCUT2D eigenvalue weighted by Gasteiger charge is 2.73. The predicted molar refractivity (Wildman–Crippen MR) is 155 cm³/mol. The Morgan fingerprint density at radius 1 is 0.725 bits per heavy atom. The first-order valence-electron chi connectivity index (χ1n) is 12.7. The van der Waals surface area contributed by atoms with E-state index in [4.69, 9.17) is 27.9 Å². The summed E-state index contributed by atoms with van der Waals surface area (Å²) in [6.07, 6.45) is 0. The van der Waals surface area contributed by atoms with Crippen LogP contribution in [-0.4, -0.2) is 17.8 Å². The molecule has 0 spiro atoms. The van der Waals surface area contributed by atoms with Gasteiger partial charge in [0.05, 0.1) is 23.1 Å². The van der Waals surface area contributed by atoms with Crippen molar-refractivity contribution in [3.63, 3.8) is 0 Å². The number of carbonyl (C=O) groups excluding carboxylic acids is 3. The van der Waals surface area contributed by atoms with Crippen LogP contribution in [-0.2, 0) is 30.7 Å². The number of carbonyl (C=O) groups is 3. The van der Waals surface area contributed by atoms with Crippen molar-refractivity contribution in [3.8, 4) is 0 Å². The number of nitrogens with zero attached hydrogens (tertiary/aromatic N) is 1. The number of esters is 1. The second kappa shape index (κ2) is 9.03. The van der Waals surface area contributed by atoms with Crippen LogP contribution < -0.4 is 4.90 Å². The van der Waals surface area contributed by atoms with Crippen molar-refractivity contribution in [2.24, 2.45) is 11.8 Å². The van der Waals surface area contributed by atoms with Crippen molar-refractivity contribution in [1.82, 2.24) is 0 Å². The number of hydrogen-bond donors (Lipinski definition) is 0. The van der Waals surface area contributed by atoms with Gasteiger partial charge in [0.1, 0.15) is 16.4 Å². The zero-order chi connectivity index (χ0) is 27.8. The van der Waals surface area contributed by atoms with Crippen LogP contribution in [0.3, 0.4) is 0 Å². The Kier molecular flexibility index (Phi) is 5.76. The largest absolute Gasteiger partial charge is 0.457 e. The minimum Gasteiger partial charge on any atom is -0.457 e. The number of imide groups is 1. The van der Waals surface area contributed by atoms with Crippen LogP contribution in [0.15, 0.2) is 102 Å². The van der Waals surface area contributed by atoms with E-state index in [1.807, 2.05) is 72.8 Å². The van der Waals surface area contributed by atoms with Crippen LogP contribution in [0.25, 0.3) is 0 Å². The van der Waals surface area contributed by atoms with Crippen molar-refractivity contribution in [2.75, 3.05) is 4.90 Å². The second-order valence-corrected chi connectivity index (χ2v) is 12.3. The molecule has 8 rings (SSSR count). The molecule has 1 aliphatic heterocycles. The predicted octanol–water partition coefficient (Wildman–Crippen LogP) is 6.90. The summed E-state index contributed by atoms with van der Waals surface area (Å²) in [6, 6.07) is 28.8. The summed E-state index contributed by atoms with van der Waals surface area (Å²) in [6.45, 7) is 0.122. The summed E-state index contributed by atoms with van der Waals surface area (Å²) in [7, 11) is 0. The van der Waals surface area contributed by atoms with Crippen molar-refractivity contribution < 1.29 is 19.1 Å². The molecule has 40 heavy (non-hydrogen) atoms. The lowest BCUT2D eigenvalue weighted by Crippen LogP contribution is -2.57. The minimum absolute atomic E-state index is 0.122. The van der Waals surface area contributed by atoms with Crippen molar-refractivity contribution in [3.05, 3.63) is 135 Å². The number of hydrogen-bond acceptors (Lipinski definition) is 4. The zero-order valence-electron chi connectivity index (χ0n) is 20.8. The fraction of sp³-hybridized carbons (Fsp3) is 0.156. The second-order valence-electron chi connectivity index (χ2n) is 10.2. The number of ether oxygens (including phenoxy) is 1. The Balaban J connectivity index is 1.22. The molecule has 3 aliphatic carbocycles. The van der Waals surface area contributed by atoms with E-state index in [0.717, 1.165) is 37.2 Å². The standard InChI is InChI=1S/C32H20BrCl2NO4/c33-20-13-9-18(10-14-20)17-40-30(39)19-11-15-21(16-12-19)36-28(37)26-27(29(36)38)32(35)23-6-2-1-5-22(23)31(26,34)24-7-3-4-8-25(24)32/h1-16,26-27H,17H2/t26-,27+,31?,32?. The summed E-state index contributed by atoms with van der Waals surface area (Å²) in [4.78, 5) is 39.5. The zero-order valence-corrected chi connectivity index (χ0v) is 23.9. The molecular formula is C32H20BrCl2NO4. The van der Waals surface area contributed by atoms with Crippen LogP contribution >= 0.6 is 39.1 Å². The topological polar surface area (TPSA) is 63.7 Å². The van der Waals surface area contributed by atoms with E-state index in [-0.39, 0.29) is 6.61 Å². The lowest BCUT2D eigenvalue weighted by atomic mass is 9.54. The Morgan fingerprint density at radius 3 is 1.62 bits per heavy atom. The molecule has 0 radical (unpaired) electrons. The third kappa shape index (κ3) is 3.36. The molecule has 0 aromatic heterocycles. The van der Waals surface area contributed by atoms with Gasteiger partial charge in [-0.2, -0.15) is 0 Å². The van der Waals surface area contributed by atoms with Crippen molar-refractivity contribution in [2.45, 2.75) is 16.4 Å². The first-order valence-corrected chi connectivity index (χ1v) is 14.3. The molecule has 0 N–H and O–H groups in total. The molecule has 2 atom stereocenters. The third-order valence-corrected chi connectivity index (χ3v) is 10.0. The number of halogens is 3. The molecule has 5 nitrogen and oxygen atoms in total. The number of alkyl halides is 2. The highest BCUT2D eigenvalue weighted by molar-refractivity contribution is 9.10. The van der Waals surface area contributed by atoms with Gasteiger partial charge in [-0.25, -0.2) is 9.69 Å². The third-order valence-electron chi connectivity index (χ3n) is 8.23. The van der Waals surface area contributed by atoms with E-state index in [1.54, 1.807) is 24.3 Å². The highest BCUT2D eigenvalue weighted by Crippen LogP contribution is 2.69. The normalized spacial score (nSPS) is 25.8. The molecule has 4 aliphatic rings. The van der Waals surface area contributed by atoms with E-state index in [2.05, 4.69) is 15.9 Å². The molecule has 0 saturated carbocycles. The van der Waals surface area contributed by atoms with E-state index in [0.29, 0.717) is 11.3 Å². The van der Waals surface area contributed by atoms with Gasteiger partial charge in [0, 0.05) is 4.47 Å². The summed E-state index contributed by atoms with van der Waals surface area (Å²) >= 11 is 18.3. The quantitative estimate of drug-likeness (QED) is 0.139. The molecule has 1 heterocycles. The Bertz CT molecular complexity index is 1600. The SMILES string of the molecule is O=C(OCc1ccc(Br)cc1)c1ccc(N2C(=O)[C@@H]3[C@H](C2=O)C2(Cl)c4ccccc4C3(Cl)c3ccccc32)cc1. The fourth-order valence-electron chi connectivity index (χ4n) is 6.48. The molecule has 2 amide bonds. The van der Waals surface area contributed by atoms with Crippen LogP contribution in [0, 0.1) is 11.8 Å². The first kappa shape index (κ1) is 25.5.